The van der Waals surface area contributed by atoms with E-state index >= 15 is 0 Å². The number of benzene rings is 1. The van der Waals surface area contributed by atoms with Crippen molar-refractivity contribution in [3.63, 3.8) is 0 Å². The van der Waals surface area contributed by atoms with Crippen LogP contribution in [-0.2, 0) is 9.84 Å². The molecule has 0 aliphatic carbocycles. The van der Waals surface area contributed by atoms with Gasteiger partial charge in [-0.15, -0.1) is 0 Å². The highest BCUT2D eigenvalue weighted by molar-refractivity contribution is 7.91. The van der Waals surface area contributed by atoms with Gasteiger partial charge in [-0.25, -0.2) is 13.2 Å². The molecule has 2 N–H and O–H groups in total. The normalized spacial score (nSPS) is 20.0. The van der Waals surface area contributed by atoms with Crippen molar-refractivity contribution in [3.8, 4) is 5.75 Å². The van der Waals surface area contributed by atoms with Crippen LogP contribution in [0.15, 0.2) is 18.2 Å². The number of urea groups is 1. The predicted octanol–water partition coefficient (Wildman–Crippen LogP) is 1.56. The van der Waals surface area contributed by atoms with E-state index in [1.165, 1.54) is 7.11 Å². The van der Waals surface area contributed by atoms with Gasteiger partial charge in [0.25, 0.3) is 0 Å². The molecule has 1 unspecified atom stereocenters. The number of sulfone groups is 1. The molecule has 1 fully saturated rings. The highest BCUT2D eigenvalue weighted by atomic mass is 32.2. The summed E-state index contributed by atoms with van der Waals surface area (Å²) in [7, 11) is -1.37. The minimum atomic E-state index is -2.91. The van der Waals surface area contributed by atoms with Gasteiger partial charge >= 0.3 is 6.03 Å². The van der Waals surface area contributed by atoms with E-state index in [-0.39, 0.29) is 23.5 Å². The Kier molecular flexibility index (Phi) is 4.72. The van der Waals surface area contributed by atoms with Gasteiger partial charge in [-0.2, -0.15) is 0 Å². The summed E-state index contributed by atoms with van der Waals surface area (Å²) in [5.41, 5.74) is 1.60. The molecule has 21 heavy (non-hydrogen) atoms. The number of hydrogen-bond donors (Lipinski definition) is 2. The topological polar surface area (TPSA) is 84.5 Å². The third kappa shape index (κ3) is 4.35. The summed E-state index contributed by atoms with van der Waals surface area (Å²) in [6.07, 6.45) is 0.608. The Balaban J connectivity index is 1.89. The van der Waals surface area contributed by atoms with Crippen LogP contribution in [0.3, 0.4) is 0 Å². The molecule has 0 bridgehead atoms. The Bertz CT molecular complexity index is 628. The number of aryl methyl sites for hydroxylation is 1. The summed E-state index contributed by atoms with van der Waals surface area (Å²) in [5.74, 6) is 0.951. The van der Waals surface area contributed by atoms with Gasteiger partial charge in [0.1, 0.15) is 5.75 Å². The van der Waals surface area contributed by atoms with E-state index in [9.17, 15) is 13.2 Å². The SMILES string of the molecule is COc1ccc(C)cc1NC(=O)NCC1CCS(=O)(=O)C1. The van der Waals surface area contributed by atoms with Gasteiger partial charge in [-0.1, -0.05) is 6.07 Å². The second kappa shape index (κ2) is 6.34. The lowest BCUT2D eigenvalue weighted by Crippen LogP contribution is -2.33. The van der Waals surface area contributed by atoms with Crippen molar-refractivity contribution < 1.29 is 17.9 Å². The second-order valence-electron chi connectivity index (χ2n) is 5.31. The first-order valence-corrected chi connectivity index (χ1v) is 8.61. The van der Waals surface area contributed by atoms with Crippen molar-refractivity contribution in [1.82, 2.24) is 5.32 Å². The summed E-state index contributed by atoms with van der Waals surface area (Å²) >= 11 is 0. The fourth-order valence-electron chi connectivity index (χ4n) is 2.36. The molecule has 6 nitrogen and oxygen atoms in total. The highest BCUT2D eigenvalue weighted by Gasteiger charge is 2.27. The average Bonchev–Trinajstić information content (AvgIpc) is 2.76. The zero-order chi connectivity index (χ0) is 15.5. The van der Waals surface area contributed by atoms with Crippen molar-refractivity contribution in [2.75, 3.05) is 30.5 Å². The Morgan fingerprint density at radius 1 is 1.43 bits per heavy atom. The average molecular weight is 312 g/mol. The van der Waals surface area contributed by atoms with Gasteiger partial charge < -0.3 is 15.4 Å². The Morgan fingerprint density at radius 3 is 2.81 bits per heavy atom. The molecule has 1 atom stereocenters. The minimum Gasteiger partial charge on any atom is -0.495 e. The summed E-state index contributed by atoms with van der Waals surface area (Å²) in [4.78, 5) is 11.9. The first-order valence-electron chi connectivity index (χ1n) is 6.79. The fraction of sp³-hybridized carbons (Fsp3) is 0.500. The van der Waals surface area contributed by atoms with Crippen molar-refractivity contribution in [2.24, 2.45) is 5.92 Å². The molecule has 0 radical (unpaired) electrons. The molecule has 1 aromatic rings. The van der Waals surface area contributed by atoms with E-state index in [1.54, 1.807) is 6.07 Å². The van der Waals surface area contributed by atoms with Gasteiger partial charge in [0.05, 0.1) is 24.3 Å². The molecule has 7 heteroatoms. The zero-order valence-corrected chi connectivity index (χ0v) is 13.0. The number of methoxy groups -OCH3 is 1. The van der Waals surface area contributed by atoms with Crippen LogP contribution in [0.1, 0.15) is 12.0 Å². The molecule has 1 aliphatic rings. The van der Waals surface area contributed by atoms with Crippen LogP contribution in [-0.4, -0.2) is 39.6 Å². The first kappa shape index (κ1) is 15.6. The Hall–Kier alpha value is -1.76. The van der Waals surface area contributed by atoms with Crippen molar-refractivity contribution in [1.29, 1.82) is 0 Å². The number of amides is 2. The number of carbonyl (C=O) groups is 1. The van der Waals surface area contributed by atoms with Crippen LogP contribution in [0.4, 0.5) is 10.5 Å². The Morgan fingerprint density at radius 2 is 2.19 bits per heavy atom. The standard InChI is InChI=1S/C14H20N2O4S/c1-10-3-4-13(20-2)12(7-10)16-14(17)15-8-11-5-6-21(18,19)9-11/h3-4,7,11H,5-6,8-9H2,1-2H3,(H2,15,16,17). The molecule has 1 aliphatic heterocycles. The fourth-order valence-corrected chi connectivity index (χ4v) is 4.22. The predicted molar refractivity (Wildman–Crippen MR) is 81.5 cm³/mol. The maximum absolute atomic E-state index is 11.9. The van der Waals surface area contributed by atoms with Crippen molar-refractivity contribution in [3.05, 3.63) is 23.8 Å². The van der Waals surface area contributed by atoms with Crippen LogP contribution in [0.25, 0.3) is 0 Å². The van der Waals surface area contributed by atoms with Crippen LogP contribution in [0, 0.1) is 12.8 Å². The van der Waals surface area contributed by atoms with E-state index in [2.05, 4.69) is 10.6 Å². The van der Waals surface area contributed by atoms with Gasteiger partial charge in [0, 0.05) is 6.54 Å². The van der Waals surface area contributed by atoms with Crippen LogP contribution >= 0.6 is 0 Å². The van der Waals surface area contributed by atoms with Crippen LogP contribution in [0.5, 0.6) is 5.75 Å². The van der Waals surface area contributed by atoms with E-state index in [0.29, 0.717) is 24.4 Å². The number of hydrogen-bond acceptors (Lipinski definition) is 4. The first-order chi connectivity index (χ1) is 9.89. The lowest BCUT2D eigenvalue weighted by atomic mass is 10.1. The molecule has 2 amide bonds. The number of anilines is 1. The molecule has 0 aromatic heterocycles. The summed E-state index contributed by atoms with van der Waals surface area (Å²) in [6, 6.07) is 5.14. The summed E-state index contributed by atoms with van der Waals surface area (Å²) in [6.45, 7) is 2.28. The van der Waals surface area contributed by atoms with Gasteiger partial charge in [0.2, 0.25) is 0 Å². The highest BCUT2D eigenvalue weighted by Crippen LogP contribution is 2.25. The van der Waals surface area contributed by atoms with Gasteiger partial charge in [-0.3, -0.25) is 0 Å². The molecule has 1 aromatic carbocycles. The smallest absolute Gasteiger partial charge is 0.319 e. The number of ether oxygens (including phenoxy) is 1. The molecular formula is C14H20N2O4S. The summed E-state index contributed by atoms with van der Waals surface area (Å²) in [5, 5.41) is 5.43. The van der Waals surface area contributed by atoms with Crippen molar-refractivity contribution >= 4 is 21.6 Å². The second-order valence-corrected chi connectivity index (χ2v) is 7.54. The lowest BCUT2D eigenvalue weighted by molar-refractivity contribution is 0.250. The molecular weight excluding hydrogens is 292 g/mol. The molecule has 0 saturated carbocycles. The third-order valence-electron chi connectivity index (χ3n) is 3.48. The van der Waals surface area contributed by atoms with Gasteiger partial charge in [0.15, 0.2) is 9.84 Å². The third-order valence-corrected chi connectivity index (χ3v) is 5.32. The zero-order valence-electron chi connectivity index (χ0n) is 12.2. The molecule has 1 heterocycles. The van der Waals surface area contributed by atoms with Gasteiger partial charge in [-0.05, 0) is 37.0 Å². The number of nitrogens with one attached hydrogen (secondary N) is 2. The number of carbonyl (C=O) groups excluding carboxylic acids is 1. The van der Waals surface area contributed by atoms with E-state index < -0.39 is 9.84 Å². The van der Waals surface area contributed by atoms with E-state index in [4.69, 9.17) is 4.74 Å². The van der Waals surface area contributed by atoms with E-state index in [1.807, 2.05) is 19.1 Å². The molecule has 0 spiro atoms. The largest absolute Gasteiger partial charge is 0.495 e. The van der Waals surface area contributed by atoms with E-state index in [0.717, 1.165) is 5.56 Å². The summed E-state index contributed by atoms with van der Waals surface area (Å²) < 4.78 is 27.9. The number of rotatable bonds is 4. The Labute approximate surface area is 124 Å². The molecule has 2 rings (SSSR count). The van der Waals surface area contributed by atoms with Crippen LogP contribution in [0.2, 0.25) is 0 Å². The molecule has 116 valence electrons. The van der Waals surface area contributed by atoms with Crippen LogP contribution < -0.4 is 15.4 Å². The maximum Gasteiger partial charge on any atom is 0.319 e. The quantitative estimate of drug-likeness (QED) is 0.883. The monoisotopic (exact) mass is 312 g/mol. The lowest BCUT2D eigenvalue weighted by Gasteiger charge is -2.13. The molecule has 1 saturated heterocycles. The minimum absolute atomic E-state index is 0.000144. The maximum atomic E-state index is 11.9. The van der Waals surface area contributed by atoms with Crippen molar-refractivity contribution in [2.45, 2.75) is 13.3 Å².